The van der Waals surface area contributed by atoms with E-state index in [1.54, 1.807) is 18.2 Å². The number of β-amino-alcohol motifs (C(OH)–C–C–N with tert-alkyl or cyclic N) is 1. The smallest absolute Gasteiger partial charge is 0.409 e. The molecule has 10 nitrogen and oxygen atoms in total. The van der Waals surface area contributed by atoms with Crippen LogP contribution < -0.4 is 15.4 Å². The number of aliphatic hydroxyl groups excluding tert-OH is 1. The summed E-state index contributed by atoms with van der Waals surface area (Å²) >= 11 is 0. The summed E-state index contributed by atoms with van der Waals surface area (Å²) in [5.41, 5.74) is 2.20. The molecule has 1 spiro atoms. The molecule has 3 heterocycles. The zero-order valence-corrected chi connectivity index (χ0v) is 19.5. The van der Waals surface area contributed by atoms with Crippen molar-refractivity contribution in [2.24, 2.45) is 0 Å². The number of carbonyl (C=O) groups excluding carboxylic acids is 3. The number of fused-ring (bicyclic) bond motifs is 2. The first kappa shape index (κ1) is 23.1. The highest BCUT2D eigenvalue weighted by molar-refractivity contribution is 6.04. The van der Waals surface area contributed by atoms with Gasteiger partial charge in [-0.25, -0.2) is 4.79 Å². The Bertz CT molecular complexity index is 1160. The van der Waals surface area contributed by atoms with Crippen LogP contribution in [0.15, 0.2) is 42.5 Å². The van der Waals surface area contributed by atoms with Gasteiger partial charge in [0, 0.05) is 31.7 Å². The highest BCUT2D eigenvalue weighted by atomic mass is 16.6. The maximum absolute atomic E-state index is 12.7. The molecular weight excluding hydrogens is 452 g/mol. The second kappa shape index (κ2) is 9.20. The minimum atomic E-state index is -1.15. The molecule has 0 aliphatic carbocycles. The highest BCUT2D eigenvalue weighted by Crippen LogP contribution is 2.38. The summed E-state index contributed by atoms with van der Waals surface area (Å²) in [4.78, 5) is 40.5. The molecule has 0 bridgehead atoms. The van der Waals surface area contributed by atoms with E-state index >= 15 is 0 Å². The Kier molecular flexibility index (Phi) is 6.08. The highest BCUT2D eigenvalue weighted by Gasteiger charge is 2.56. The fraction of sp³-hybridized carbons (Fsp3) is 0.400. The zero-order chi connectivity index (χ0) is 24.6. The van der Waals surface area contributed by atoms with Gasteiger partial charge in [0.05, 0.1) is 32.0 Å². The van der Waals surface area contributed by atoms with Crippen molar-refractivity contribution in [3.05, 3.63) is 59.2 Å². The number of ether oxygens (including phenoxy) is 2. The van der Waals surface area contributed by atoms with E-state index in [0.717, 1.165) is 19.5 Å². The number of amides is 3. The van der Waals surface area contributed by atoms with Gasteiger partial charge in [-0.3, -0.25) is 19.4 Å². The first-order chi connectivity index (χ1) is 16.9. The maximum Gasteiger partial charge on any atom is 0.409 e. The molecule has 0 saturated carbocycles. The number of rotatable bonds is 5. The number of hydrogen-bond donors (Lipinski definition) is 3. The SMILES string of the molecule is COC(=O)N1CC2(C1)Oc1ccc(C(=O)NCC(O)CN3CCc4ccccc4C3)cc1NC2=O. The van der Waals surface area contributed by atoms with Crippen molar-refractivity contribution in [1.82, 2.24) is 15.1 Å². The molecule has 10 heteroatoms. The van der Waals surface area contributed by atoms with Gasteiger partial charge >= 0.3 is 6.09 Å². The first-order valence-corrected chi connectivity index (χ1v) is 11.6. The molecular formula is C25H28N4O6. The van der Waals surface area contributed by atoms with Gasteiger partial charge in [0.1, 0.15) is 5.75 Å². The van der Waals surface area contributed by atoms with Crippen molar-refractivity contribution < 1.29 is 29.0 Å². The lowest BCUT2D eigenvalue weighted by atomic mass is 9.91. The molecule has 3 N–H and O–H groups in total. The summed E-state index contributed by atoms with van der Waals surface area (Å²) in [7, 11) is 1.28. The van der Waals surface area contributed by atoms with Gasteiger partial charge in [-0.05, 0) is 35.7 Å². The van der Waals surface area contributed by atoms with Gasteiger partial charge in [0.25, 0.3) is 11.8 Å². The van der Waals surface area contributed by atoms with E-state index in [4.69, 9.17) is 4.74 Å². The van der Waals surface area contributed by atoms with E-state index in [2.05, 4.69) is 32.4 Å². The van der Waals surface area contributed by atoms with Crippen molar-refractivity contribution in [2.75, 3.05) is 45.2 Å². The number of nitrogens with zero attached hydrogens (tertiary/aromatic N) is 2. The van der Waals surface area contributed by atoms with Crippen LogP contribution in [0.2, 0.25) is 0 Å². The number of anilines is 1. The van der Waals surface area contributed by atoms with Gasteiger partial charge in [-0.2, -0.15) is 0 Å². The van der Waals surface area contributed by atoms with Crippen LogP contribution in [0, 0.1) is 0 Å². The van der Waals surface area contributed by atoms with Crippen LogP contribution in [0.1, 0.15) is 21.5 Å². The minimum Gasteiger partial charge on any atom is -0.471 e. The molecule has 2 aromatic rings. The summed E-state index contributed by atoms with van der Waals surface area (Å²) in [6.07, 6.45) is -0.279. The third-order valence-electron chi connectivity index (χ3n) is 6.71. The largest absolute Gasteiger partial charge is 0.471 e. The van der Waals surface area contributed by atoms with E-state index in [1.165, 1.54) is 23.1 Å². The van der Waals surface area contributed by atoms with Crippen LogP contribution in [0.4, 0.5) is 10.5 Å². The van der Waals surface area contributed by atoms with Crippen molar-refractivity contribution >= 4 is 23.6 Å². The van der Waals surface area contributed by atoms with Crippen LogP contribution in [0.5, 0.6) is 5.75 Å². The summed E-state index contributed by atoms with van der Waals surface area (Å²) in [6, 6.07) is 13.1. The number of carbonyl (C=O) groups is 3. The quantitative estimate of drug-likeness (QED) is 0.584. The Morgan fingerprint density at radius 2 is 2.00 bits per heavy atom. The molecule has 35 heavy (non-hydrogen) atoms. The molecule has 1 atom stereocenters. The molecule has 1 unspecified atom stereocenters. The average Bonchev–Trinajstić information content (AvgIpc) is 2.84. The molecule has 3 aliphatic heterocycles. The third-order valence-corrected chi connectivity index (χ3v) is 6.71. The Balaban J connectivity index is 1.14. The first-order valence-electron chi connectivity index (χ1n) is 11.6. The number of methoxy groups -OCH3 is 1. The minimum absolute atomic E-state index is 0.0909. The van der Waals surface area contributed by atoms with Crippen molar-refractivity contribution in [1.29, 1.82) is 0 Å². The van der Waals surface area contributed by atoms with Gasteiger partial charge in [-0.15, -0.1) is 0 Å². The maximum atomic E-state index is 12.7. The van der Waals surface area contributed by atoms with Gasteiger partial charge < -0.3 is 25.2 Å². The molecule has 1 fully saturated rings. The number of nitrogens with one attached hydrogen (secondary N) is 2. The second-order valence-corrected chi connectivity index (χ2v) is 9.21. The Labute approximate surface area is 202 Å². The number of benzene rings is 2. The fourth-order valence-corrected chi connectivity index (χ4v) is 4.77. The van der Waals surface area contributed by atoms with Crippen molar-refractivity contribution in [3.63, 3.8) is 0 Å². The molecule has 3 aliphatic rings. The monoisotopic (exact) mass is 480 g/mol. The summed E-state index contributed by atoms with van der Waals surface area (Å²) in [5, 5.41) is 16.0. The third kappa shape index (κ3) is 4.54. The van der Waals surface area contributed by atoms with E-state index in [-0.39, 0.29) is 31.4 Å². The molecule has 0 aromatic heterocycles. The van der Waals surface area contributed by atoms with Crippen molar-refractivity contribution in [2.45, 2.75) is 24.7 Å². The normalized spacial score (nSPS) is 18.9. The fourth-order valence-electron chi connectivity index (χ4n) is 4.77. The van der Waals surface area contributed by atoms with E-state index < -0.39 is 17.8 Å². The zero-order valence-electron chi connectivity index (χ0n) is 19.5. The molecule has 3 amide bonds. The van der Waals surface area contributed by atoms with Crippen LogP contribution in [0.3, 0.4) is 0 Å². The van der Waals surface area contributed by atoms with Crippen LogP contribution in [0.25, 0.3) is 0 Å². The van der Waals surface area contributed by atoms with Crippen molar-refractivity contribution in [3.8, 4) is 5.75 Å². The predicted octanol–water partition coefficient (Wildman–Crippen LogP) is 0.987. The van der Waals surface area contributed by atoms with Crippen LogP contribution in [-0.2, 0) is 22.5 Å². The molecule has 2 aromatic carbocycles. The average molecular weight is 481 g/mol. The number of likely N-dealkylation sites (tertiary alicyclic amines) is 1. The Morgan fingerprint density at radius 1 is 1.23 bits per heavy atom. The molecule has 184 valence electrons. The van der Waals surface area contributed by atoms with E-state index in [1.807, 2.05) is 12.1 Å². The van der Waals surface area contributed by atoms with Gasteiger partial charge in [0.2, 0.25) is 5.60 Å². The van der Waals surface area contributed by atoms with Crippen LogP contribution >= 0.6 is 0 Å². The number of hydrogen-bond acceptors (Lipinski definition) is 7. The predicted molar refractivity (Wildman–Crippen MR) is 126 cm³/mol. The lowest BCUT2D eigenvalue weighted by Crippen LogP contribution is -2.72. The lowest BCUT2D eigenvalue weighted by molar-refractivity contribution is -0.146. The molecule has 1 saturated heterocycles. The summed E-state index contributed by atoms with van der Waals surface area (Å²) < 4.78 is 10.6. The second-order valence-electron chi connectivity index (χ2n) is 9.21. The van der Waals surface area contributed by atoms with Crippen LogP contribution in [-0.4, -0.2) is 84.4 Å². The Hall–Kier alpha value is -3.63. The van der Waals surface area contributed by atoms with E-state index in [9.17, 15) is 19.5 Å². The van der Waals surface area contributed by atoms with Gasteiger partial charge in [-0.1, -0.05) is 24.3 Å². The number of aliphatic hydroxyl groups is 1. The molecule has 0 radical (unpaired) electrons. The Morgan fingerprint density at radius 3 is 2.77 bits per heavy atom. The lowest BCUT2D eigenvalue weighted by Gasteiger charge is -2.49. The summed E-state index contributed by atoms with van der Waals surface area (Å²) in [5.74, 6) is -0.303. The summed E-state index contributed by atoms with van der Waals surface area (Å²) in [6.45, 7) is 2.41. The standard InChI is InChI=1S/C25H28N4O6/c1-34-24(33)29-14-25(15-29)23(32)27-20-10-17(6-7-21(20)35-25)22(31)26-11-19(30)13-28-9-8-16-4-2-3-5-18(16)12-28/h2-7,10,19,30H,8-9,11-15H2,1H3,(H,26,31)(H,27,32). The van der Waals surface area contributed by atoms with Gasteiger partial charge in [0.15, 0.2) is 0 Å². The van der Waals surface area contributed by atoms with E-state index in [0.29, 0.717) is 23.5 Å². The topological polar surface area (TPSA) is 120 Å². The molecule has 5 rings (SSSR count).